The zero-order valence-corrected chi connectivity index (χ0v) is 14.1. The monoisotopic (exact) mass is 383 g/mol. The van der Waals surface area contributed by atoms with Crippen molar-refractivity contribution >= 4 is 32.9 Å². The van der Waals surface area contributed by atoms with Crippen LogP contribution in [0.3, 0.4) is 0 Å². The maximum Gasteiger partial charge on any atom is 0.341 e. The lowest BCUT2D eigenvalue weighted by Gasteiger charge is -2.05. The lowest BCUT2D eigenvalue weighted by Crippen LogP contribution is -2.14. The summed E-state index contributed by atoms with van der Waals surface area (Å²) >= 11 is 1.51. The van der Waals surface area contributed by atoms with Crippen molar-refractivity contribution in [2.24, 2.45) is 0 Å². The summed E-state index contributed by atoms with van der Waals surface area (Å²) in [5.74, 6) is -3.75. The van der Waals surface area contributed by atoms with Gasteiger partial charge in [-0.3, -0.25) is 9.89 Å². The van der Waals surface area contributed by atoms with Crippen molar-refractivity contribution in [3.8, 4) is 10.6 Å². The molecule has 0 saturated heterocycles. The molecular formula is C15H11F2N3O3S2. The summed E-state index contributed by atoms with van der Waals surface area (Å²) in [7, 11) is -4.68. The van der Waals surface area contributed by atoms with E-state index >= 15 is 0 Å². The normalized spacial score (nSPS) is 11.6. The Hall–Kier alpha value is -2.59. The van der Waals surface area contributed by atoms with Crippen LogP contribution in [0.5, 0.6) is 0 Å². The number of rotatable bonds is 5. The van der Waals surface area contributed by atoms with Gasteiger partial charge in [-0.2, -0.15) is 13.9 Å². The van der Waals surface area contributed by atoms with E-state index in [1.807, 2.05) is 17.5 Å². The smallest absolute Gasteiger partial charge is 0.305 e. The van der Waals surface area contributed by atoms with E-state index in [9.17, 15) is 22.0 Å². The van der Waals surface area contributed by atoms with E-state index in [2.05, 4.69) is 15.5 Å². The van der Waals surface area contributed by atoms with Gasteiger partial charge in [-0.1, -0.05) is 6.07 Å². The highest BCUT2D eigenvalue weighted by Crippen LogP contribution is 2.24. The van der Waals surface area contributed by atoms with Gasteiger partial charge in [-0.15, -0.1) is 11.3 Å². The van der Waals surface area contributed by atoms with Crippen molar-refractivity contribution in [2.75, 3.05) is 5.32 Å². The summed E-state index contributed by atoms with van der Waals surface area (Å²) in [5.41, 5.74) is 0.859. The molecule has 0 aliphatic carbocycles. The first-order valence-electron chi connectivity index (χ1n) is 6.90. The Morgan fingerprint density at radius 1 is 1.20 bits per heavy atom. The van der Waals surface area contributed by atoms with Gasteiger partial charge >= 0.3 is 5.76 Å². The van der Waals surface area contributed by atoms with Crippen LogP contribution >= 0.6 is 11.3 Å². The molecule has 2 aromatic heterocycles. The molecule has 1 amide bonds. The molecule has 3 aromatic rings. The van der Waals surface area contributed by atoms with Crippen molar-refractivity contribution in [1.82, 2.24) is 10.2 Å². The summed E-state index contributed by atoms with van der Waals surface area (Å²) in [5, 5.41) is 11.2. The number of aromatic amines is 1. The van der Waals surface area contributed by atoms with E-state index in [4.69, 9.17) is 0 Å². The average Bonchev–Trinajstić information content (AvgIpc) is 3.26. The van der Waals surface area contributed by atoms with Crippen LogP contribution in [0.25, 0.3) is 10.6 Å². The van der Waals surface area contributed by atoms with Gasteiger partial charge in [0.1, 0.15) is 0 Å². The van der Waals surface area contributed by atoms with E-state index in [0.29, 0.717) is 0 Å². The zero-order chi connectivity index (χ0) is 18.0. The molecule has 25 heavy (non-hydrogen) atoms. The second-order valence-corrected chi connectivity index (χ2v) is 7.79. The van der Waals surface area contributed by atoms with Crippen molar-refractivity contribution in [3.63, 3.8) is 0 Å². The first kappa shape index (κ1) is 17.2. The first-order valence-corrected chi connectivity index (χ1v) is 9.33. The Labute approximate surface area is 145 Å². The molecule has 0 spiro atoms. The summed E-state index contributed by atoms with van der Waals surface area (Å²) in [6.45, 7) is 0. The molecule has 1 aromatic carbocycles. The number of nitrogens with one attached hydrogen (secondary N) is 2. The number of thiophene rings is 1. The number of amides is 1. The number of halogens is 2. The third-order valence-corrected chi connectivity index (χ3v) is 5.59. The van der Waals surface area contributed by atoms with Crippen LogP contribution in [0.4, 0.5) is 14.6 Å². The maximum atomic E-state index is 12.5. The van der Waals surface area contributed by atoms with Gasteiger partial charge in [0.25, 0.3) is 5.91 Å². The Bertz CT molecular complexity index is 981. The summed E-state index contributed by atoms with van der Waals surface area (Å²) in [4.78, 5) is 12.6. The molecular weight excluding hydrogens is 372 g/mol. The highest BCUT2D eigenvalue weighted by Gasteiger charge is 2.26. The van der Waals surface area contributed by atoms with Crippen molar-refractivity contribution < 1.29 is 22.0 Å². The van der Waals surface area contributed by atoms with E-state index in [0.717, 1.165) is 34.8 Å². The lowest BCUT2D eigenvalue weighted by atomic mass is 10.2. The Kier molecular flexibility index (Phi) is 4.64. The van der Waals surface area contributed by atoms with Gasteiger partial charge in [-0.25, -0.2) is 8.42 Å². The lowest BCUT2D eigenvalue weighted by molar-refractivity contribution is 0.102. The van der Waals surface area contributed by atoms with Crippen LogP contribution < -0.4 is 5.32 Å². The second-order valence-electron chi connectivity index (χ2n) is 4.93. The molecule has 130 valence electrons. The topological polar surface area (TPSA) is 91.9 Å². The van der Waals surface area contributed by atoms with Gasteiger partial charge in [0.05, 0.1) is 15.5 Å². The number of carbonyl (C=O) groups is 1. The Morgan fingerprint density at radius 3 is 2.52 bits per heavy atom. The number of hydrogen-bond acceptors (Lipinski definition) is 5. The van der Waals surface area contributed by atoms with Crippen LogP contribution in [0.15, 0.2) is 52.7 Å². The molecule has 2 heterocycles. The van der Waals surface area contributed by atoms with Gasteiger partial charge in [0.2, 0.25) is 9.84 Å². The third kappa shape index (κ3) is 3.59. The van der Waals surface area contributed by atoms with E-state index in [1.54, 1.807) is 6.07 Å². The summed E-state index contributed by atoms with van der Waals surface area (Å²) < 4.78 is 47.7. The van der Waals surface area contributed by atoms with Gasteiger partial charge in [0, 0.05) is 11.6 Å². The molecule has 10 heteroatoms. The Balaban J connectivity index is 1.74. The average molecular weight is 383 g/mol. The van der Waals surface area contributed by atoms with Crippen molar-refractivity contribution in [2.45, 2.75) is 10.7 Å². The van der Waals surface area contributed by atoms with E-state index in [1.165, 1.54) is 11.3 Å². The van der Waals surface area contributed by atoms with Crippen LogP contribution in [0.1, 0.15) is 10.4 Å². The van der Waals surface area contributed by atoms with Crippen LogP contribution in [0.2, 0.25) is 0 Å². The second kappa shape index (κ2) is 6.73. The van der Waals surface area contributed by atoms with Crippen LogP contribution in [0, 0.1) is 0 Å². The number of aromatic nitrogens is 2. The molecule has 0 unspecified atom stereocenters. The highest BCUT2D eigenvalue weighted by molar-refractivity contribution is 7.91. The van der Waals surface area contributed by atoms with Gasteiger partial charge in [-0.05, 0) is 35.7 Å². The summed E-state index contributed by atoms with van der Waals surface area (Å²) in [6, 6.07) is 9.70. The van der Waals surface area contributed by atoms with E-state index < -0.39 is 26.4 Å². The number of H-pyrrole nitrogens is 1. The summed E-state index contributed by atoms with van der Waals surface area (Å²) in [6.07, 6.45) is 0. The predicted octanol–water partition coefficient (Wildman–Crippen LogP) is 3.39. The largest absolute Gasteiger partial charge is 0.341 e. The van der Waals surface area contributed by atoms with Crippen LogP contribution in [-0.2, 0) is 9.84 Å². The molecule has 2 N–H and O–H groups in total. The molecule has 3 rings (SSSR count). The molecule has 0 saturated carbocycles. The molecule has 0 fully saturated rings. The number of hydrogen-bond donors (Lipinski definition) is 2. The van der Waals surface area contributed by atoms with Crippen LogP contribution in [-0.4, -0.2) is 30.3 Å². The van der Waals surface area contributed by atoms with Gasteiger partial charge < -0.3 is 5.32 Å². The number of anilines is 1. The maximum absolute atomic E-state index is 12.5. The van der Waals surface area contributed by atoms with Crippen molar-refractivity contribution in [3.05, 3.63) is 53.4 Å². The minimum Gasteiger partial charge on any atom is -0.305 e. The fourth-order valence-electron chi connectivity index (χ4n) is 2.03. The van der Waals surface area contributed by atoms with Crippen molar-refractivity contribution in [1.29, 1.82) is 0 Å². The molecule has 6 nitrogen and oxygen atoms in total. The minimum atomic E-state index is -4.68. The fourth-order valence-corrected chi connectivity index (χ4v) is 3.44. The fraction of sp³-hybridized carbons (Fsp3) is 0.0667. The van der Waals surface area contributed by atoms with Gasteiger partial charge in [0.15, 0.2) is 5.82 Å². The Morgan fingerprint density at radius 2 is 1.92 bits per heavy atom. The number of sulfone groups is 1. The van der Waals surface area contributed by atoms with E-state index in [-0.39, 0.29) is 11.4 Å². The highest BCUT2D eigenvalue weighted by atomic mass is 32.2. The number of alkyl halides is 2. The minimum absolute atomic E-state index is 0.119. The number of carbonyl (C=O) groups excluding carboxylic acids is 1. The predicted molar refractivity (Wildman–Crippen MR) is 89.5 cm³/mol. The number of nitrogens with zero attached hydrogens (tertiary/aromatic N) is 1. The first-order chi connectivity index (χ1) is 11.9. The SMILES string of the molecule is O=C(Nc1cc(-c2cccs2)[nH]n1)c1ccc(S(=O)(=O)C(F)F)cc1. The third-order valence-electron chi connectivity index (χ3n) is 3.29. The molecule has 0 radical (unpaired) electrons. The standard InChI is InChI=1S/C15H11F2N3O3S2/c16-15(17)25(22,23)10-5-3-9(4-6-10)14(21)18-13-8-11(19-20-13)12-2-1-7-24-12/h1-8,15H,(H2,18,19,20,21). The molecule has 0 atom stereocenters. The zero-order valence-electron chi connectivity index (χ0n) is 12.4. The molecule has 0 aliphatic heterocycles. The quantitative estimate of drug-likeness (QED) is 0.706. The number of benzene rings is 1. The molecule has 0 aliphatic rings. The molecule has 0 bridgehead atoms.